The van der Waals surface area contributed by atoms with Crippen molar-refractivity contribution >= 4 is 33.8 Å². The lowest BCUT2D eigenvalue weighted by atomic mass is 10.1. The van der Waals surface area contributed by atoms with Crippen LogP contribution in [0.5, 0.6) is 0 Å². The molecular formula is C19H16BrN3O3. The van der Waals surface area contributed by atoms with Crippen molar-refractivity contribution in [3.8, 4) is 5.69 Å². The molecule has 7 heteroatoms. The summed E-state index contributed by atoms with van der Waals surface area (Å²) in [7, 11) is 0. The standard InChI is InChI=1S/C19H16BrN3O3/c1-11-3-4-13(19(25)26)9-17(11)21-10-16-12(2)22-23(18(16)24)15-7-5-14(20)6-8-15/h3-10,22H,1-2H3,(H,25,26). The van der Waals surface area contributed by atoms with E-state index in [1.807, 2.05) is 31.2 Å². The van der Waals surface area contributed by atoms with Gasteiger partial charge in [-0.15, -0.1) is 0 Å². The summed E-state index contributed by atoms with van der Waals surface area (Å²) in [4.78, 5) is 28.1. The smallest absolute Gasteiger partial charge is 0.335 e. The number of aromatic carboxylic acids is 1. The summed E-state index contributed by atoms with van der Waals surface area (Å²) in [5, 5.41) is 12.1. The molecule has 3 aromatic rings. The van der Waals surface area contributed by atoms with E-state index >= 15 is 0 Å². The maximum Gasteiger partial charge on any atom is 0.335 e. The lowest BCUT2D eigenvalue weighted by Gasteiger charge is -2.01. The monoisotopic (exact) mass is 413 g/mol. The van der Waals surface area contributed by atoms with Crippen molar-refractivity contribution in [3.63, 3.8) is 0 Å². The van der Waals surface area contributed by atoms with E-state index in [-0.39, 0.29) is 11.1 Å². The van der Waals surface area contributed by atoms with Crippen LogP contribution in [-0.4, -0.2) is 27.1 Å². The molecule has 0 saturated heterocycles. The molecule has 0 bridgehead atoms. The number of halogens is 1. The molecule has 2 N–H and O–H groups in total. The van der Waals surface area contributed by atoms with E-state index < -0.39 is 5.97 Å². The number of aryl methyl sites for hydroxylation is 2. The second-order valence-corrected chi connectivity index (χ2v) is 6.75. The zero-order chi connectivity index (χ0) is 18.8. The molecule has 0 aliphatic carbocycles. The van der Waals surface area contributed by atoms with Gasteiger partial charge in [-0.25, -0.2) is 9.48 Å². The maximum atomic E-state index is 12.7. The van der Waals surface area contributed by atoms with Crippen LogP contribution < -0.4 is 5.56 Å². The van der Waals surface area contributed by atoms with Crippen LogP contribution in [0.15, 0.2) is 56.7 Å². The number of hydrogen-bond donors (Lipinski definition) is 2. The van der Waals surface area contributed by atoms with E-state index in [0.29, 0.717) is 22.6 Å². The number of carbonyl (C=O) groups is 1. The van der Waals surface area contributed by atoms with Gasteiger partial charge in [0.25, 0.3) is 5.56 Å². The van der Waals surface area contributed by atoms with E-state index in [2.05, 4.69) is 26.0 Å². The van der Waals surface area contributed by atoms with E-state index in [0.717, 1.165) is 10.0 Å². The van der Waals surface area contributed by atoms with Gasteiger partial charge in [0, 0.05) is 16.4 Å². The quantitative estimate of drug-likeness (QED) is 0.633. The molecule has 0 spiro atoms. The normalized spacial score (nSPS) is 11.2. The minimum atomic E-state index is -1.02. The summed E-state index contributed by atoms with van der Waals surface area (Å²) in [5.41, 5.74) is 3.08. The van der Waals surface area contributed by atoms with Gasteiger partial charge in [0.05, 0.1) is 22.5 Å². The molecule has 26 heavy (non-hydrogen) atoms. The number of aliphatic imine (C=N–C) groups is 1. The molecule has 6 nitrogen and oxygen atoms in total. The zero-order valence-corrected chi connectivity index (χ0v) is 15.7. The van der Waals surface area contributed by atoms with Gasteiger partial charge < -0.3 is 5.11 Å². The van der Waals surface area contributed by atoms with Crippen molar-refractivity contribution in [1.82, 2.24) is 9.78 Å². The SMILES string of the molecule is Cc1ccc(C(=O)O)cc1N=Cc1c(C)[nH]n(-c2ccc(Br)cc2)c1=O. The van der Waals surface area contributed by atoms with Gasteiger partial charge in [0.1, 0.15) is 0 Å². The van der Waals surface area contributed by atoms with Crippen LogP contribution in [0, 0.1) is 13.8 Å². The van der Waals surface area contributed by atoms with Gasteiger partial charge in [0.2, 0.25) is 0 Å². The first-order valence-electron chi connectivity index (χ1n) is 7.82. The fraction of sp³-hybridized carbons (Fsp3) is 0.105. The Labute approximate surface area is 157 Å². The highest BCUT2D eigenvalue weighted by Gasteiger charge is 2.11. The van der Waals surface area contributed by atoms with E-state index in [1.54, 1.807) is 13.0 Å². The van der Waals surface area contributed by atoms with Crippen LogP contribution in [0.2, 0.25) is 0 Å². The first-order valence-corrected chi connectivity index (χ1v) is 8.61. The Bertz CT molecular complexity index is 1060. The van der Waals surface area contributed by atoms with Crippen LogP contribution >= 0.6 is 15.9 Å². The number of nitrogens with zero attached hydrogens (tertiary/aromatic N) is 2. The third kappa shape index (κ3) is 3.52. The highest BCUT2D eigenvalue weighted by atomic mass is 79.9. The second kappa shape index (κ2) is 7.13. The van der Waals surface area contributed by atoms with Gasteiger partial charge >= 0.3 is 5.97 Å². The molecule has 132 valence electrons. The molecule has 0 fully saturated rings. The van der Waals surface area contributed by atoms with Gasteiger partial charge in [0.15, 0.2) is 0 Å². The molecule has 0 amide bonds. The zero-order valence-electron chi connectivity index (χ0n) is 14.2. The topological polar surface area (TPSA) is 87.4 Å². The average Bonchev–Trinajstić information content (AvgIpc) is 2.89. The minimum Gasteiger partial charge on any atom is -0.478 e. The van der Waals surface area contributed by atoms with Crippen molar-refractivity contribution in [3.05, 3.63) is 79.7 Å². The van der Waals surface area contributed by atoms with Crippen molar-refractivity contribution in [2.75, 3.05) is 0 Å². The number of aromatic nitrogens is 2. The molecule has 0 aliphatic rings. The fourth-order valence-corrected chi connectivity index (χ4v) is 2.76. The number of H-pyrrole nitrogens is 1. The Morgan fingerprint density at radius 2 is 1.88 bits per heavy atom. The summed E-state index contributed by atoms with van der Waals surface area (Å²) in [6.45, 7) is 3.63. The summed E-state index contributed by atoms with van der Waals surface area (Å²) < 4.78 is 2.37. The van der Waals surface area contributed by atoms with Gasteiger partial charge in [-0.1, -0.05) is 22.0 Å². The van der Waals surface area contributed by atoms with Gasteiger partial charge in [-0.2, -0.15) is 0 Å². The highest BCUT2D eigenvalue weighted by Crippen LogP contribution is 2.20. The van der Waals surface area contributed by atoms with Crippen LogP contribution in [0.3, 0.4) is 0 Å². The van der Waals surface area contributed by atoms with Crippen molar-refractivity contribution < 1.29 is 9.90 Å². The Morgan fingerprint density at radius 3 is 2.54 bits per heavy atom. The Kier molecular flexibility index (Phi) is 4.90. The third-order valence-corrected chi connectivity index (χ3v) is 4.52. The number of hydrogen-bond acceptors (Lipinski definition) is 3. The minimum absolute atomic E-state index is 0.154. The highest BCUT2D eigenvalue weighted by molar-refractivity contribution is 9.10. The van der Waals surface area contributed by atoms with Crippen LogP contribution in [-0.2, 0) is 0 Å². The van der Waals surface area contributed by atoms with E-state index in [4.69, 9.17) is 5.11 Å². The Hall–Kier alpha value is -2.93. The van der Waals surface area contributed by atoms with Crippen molar-refractivity contribution in [2.24, 2.45) is 4.99 Å². The van der Waals surface area contributed by atoms with Crippen molar-refractivity contribution in [2.45, 2.75) is 13.8 Å². The number of carboxylic acid groups (broad SMARTS) is 1. The first kappa shape index (κ1) is 17.9. The average molecular weight is 414 g/mol. The van der Waals surface area contributed by atoms with Gasteiger partial charge in [-0.05, 0) is 55.8 Å². The molecule has 0 saturated carbocycles. The predicted octanol–water partition coefficient (Wildman–Crippen LogP) is 3.99. The summed E-state index contributed by atoms with van der Waals surface area (Å²) in [6, 6.07) is 12.1. The molecule has 2 aromatic carbocycles. The van der Waals surface area contributed by atoms with Crippen LogP contribution in [0.1, 0.15) is 27.2 Å². The predicted molar refractivity (Wildman–Crippen MR) is 104 cm³/mol. The molecular weight excluding hydrogens is 398 g/mol. The summed E-state index contributed by atoms with van der Waals surface area (Å²) in [6.07, 6.45) is 1.47. The number of rotatable bonds is 4. The van der Waals surface area contributed by atoms with Crippen LogP contribution in [0.4, 0.5) is 5.69 Å². The molecule has 3 rings (SSSR count). The number of aromatic amines is 1. The molecule has 1 aromatic heterocycles. The molecule has 0 radical (unpaired) electrons. The van der Waals surface area contributed by atoms with E-state index in [9.17, 15) is 9.59 Å². The Morgan fingerprint density at radius 1 is 1.19 bits per heavy atom. The summed E-state index contributed by atoms with van der Waals surface area (Å²) in [5.74, 6) is -1.02. The number of benzene rings is 2. The van der Waals surface area contributed by atoms with Crippen molar-refractivity contribution in [1.29, 1.82) is 0 Å². The second-order valence-electron chi connectivity index (χ2n) is 5.83. The lowest BCUT2D eigenvalue weighted by Crippen LogP contribution is -2.17. The first-order chi connectivity index (χ1) is 12.4. The molecule has 1 heterocycles. The lowest BCUT2D eigenvalue weighted by molar-refractivity contribution is 0.0697. The fourth-order valence-electron chi connectivity index (χ4n) is 2.50. The Balaban J connectivity index is 2.00. The molecule has 0 aliphatic heterocycles. The van der Waals surface area contributed by atoms with Crippen LogP contribution in [0.25, 0.3) is 5.69 Å². The number of carboxylic acids is 1. The maximum absolute atomic E-state index is 12.7. The molecule has 0 atom stereocenters. The van der Waals surface area contributed by atoms with Gasteiger partial charge in [-0.3, -0.25) is 14.9 Å². The largest absolute Gasteiger partial charge is 0.478 e. The summed E-state index contributed by atoms with van der Waals surface area (Å²) >= 11 is 3.37. The van der Waals surface area contributed by atoms with E-state index in [1.165, 1.54) is 23.0 Å². The molecule has 0 unspecified atom stereocenters. The number of nitrogens with one attached hydrogen (secondary N) is 1. The third-order valence-electron chi connectivity index (χ3n) is 3.99.